The molecule has 1 atom stereocenters. The highest BCUT2D eigenvalue weighted by Gasteiger charge is 2.39. The van der Waals surface area contributed by atoms with E-state index in [4.69, 9.17) is 5.73 Å². The summed E-state index contributed by atoms with van der Waals surface area (Å²) in [6.07, 6.45) is 1.17. The maximum atomic E-state index is 13.1. The first-order valence-corrected chi connectivity index (χ1v) is 11.5. The Balaban J connectivity index is 1.24. The van der Waals surface area contributed by atoms with Crippen LogP contribution in [0.25, 0.3) is 10.8 Å². The maximum Gasteiger partial charge on any atom is 0.451 e. The lowest BCUT2D eigenvalue weighted by atomic mass is 10.0. The Hall–Kier alpha value is -3.89. The summed E-state index contributed by atoms with van der Waals surface area (Å²) in [4.78, 5) is 13.2. The Morgan fingerprint density at radius 2 is 1.83 bits per heavy atom. The van der Waals surface area contributed by atoms with Crippen molar-refractivity contribution >= 4 is 28.1 Å². The number of alkyl halides is 3. The van der Waals surface area contributed by atoms with Gasteiger partial charge in [-0.2, -0.15) is 13.2 Å². The van der Waals surface area contributed by atoms with E-state index in [0.717, 1.165) is 46.0 Å². The second-order valence-corrected chi connectivity index (χ2v) is 8.88. The molecule has 0 spiro atoms. The second-order valence-electron chi connectivity index (χ2n) is 8.88. The van der Waals surface area contributed by atoms with Crippen molar-refractivity contribution in [2.24, 2.45) is 0 Å². The van der Waals surface area contributed by atoms with Gasteiger partial charge in [0.2, 0.25) is 5.82 Å². The highest BCUT2D eigenvalue weighted by Crippen LogP contribution is 2.40. The second kappa shape index (κ2) is 8.10. The Kier molecular flexibility index (Phi) is 5.01. The molecule has 0 saturated carbocycles. The molecule has 2 aliphatic heterocycles. The van der Waals surface area contributed by atoms with Gasteiger partial charge in [0.1, 0.15) is 11.6 Å². The van der Waals surface area contributed by atoms with Crippen LogP contribution < -0.4 is 15.5 Å². The Morgan fingerprint density at radius 1 is 0.943 bits per heavy atom. The number of nitrogens with zero attached hydrogens (tertiary/aromatic N) is 7. The van der Waals surface area contributed by atoms with Gasteiger partial charge in [-0.05, 0) is 36.6 Å². The predicted molar refractivity (Wildman–Crippen MR) is 126 cm³/mol. The van der Waals surface area contributed by atoms with Crippen LogP contribution in [0.1, 0.15) is 36.1 Å². The zero-order chi connectivity index (χ0) is 24.2. The SMILES string of the molecule is Nc1nccc2c(N3CCCC3c3ccc(N4CCn5c(nnc5C(F)(F)F)C4)nc3)cccc12. The lowest BCUT2D eigenvalue weighted by molar-refractivity contribution is -0.147. The van der Waals surface area contributed by atoms with E-state index in [1.807, 2.05) is 35.4 Å². The summed E-state index contributed by atoms with van der Waals surface area (Å²) in [7, 11) is 0. The fourth-order valence-corrected chi connectivity index (χ4v) is 5.21. The first kappa shape index (κ1) is 21.6. The Labute approximate surface area is 199 Å². The molecule has 1 saturated heterocycles. The molecule has 11 heteroatoms. The summed E-state index contributed by atoms with van der Waals surface area (Å²) in [5, 5.41) is 9.13. The molecule has 4 aromatic rings. The normalized spacial score (nSPS) is 18.3. The van der Waals surface area contributed by atoms with Crippen LogP contribution in [0.5, 0.6) is 0 Å². The number of nitrogen functional groups attached to an aromatic ring is 1. The molecule has 0 amide bonds. The van der Waals surface area contributed by atoms with E-state index in [9.17, 15) is 13.2 Å². The zero-order valence-electron chi connectivity index (χ0n) is 18.8. The summed E-state index contributed by atoms with van der Waals surface area (Å²) < 4.78 is 40.5. The molecule has 180 valence electrons. The molecule has 3 aromatic heterocycles. The molecule has 1 aromatic carbocycles. The first-order chi connectivity index (χ1) is 16.9. The van der Waals surface area contributed by atoms with E-state index >= 15 is 0 Å². The molecule has 0 aliphatic carbocycles. The van der Waals surface area contributed by atoms with Gasteiger partial charge in [-0.1, -0.05) is 18.2 Å². The fraction of sp³-hybridized carbons (Fsp3) is 0.333. The van der Waals surface area contributed by atoms with Gasteiger partial charge in [0, 0.05) is 48.5 Å². The van der Waals surface area contributed by atoms with E-state index in [2.05, 4.69) is 37.2 Å². The van der Waals surface area contributed by atoms with E-state index < -0.39 is 12.0 Å². The summed E-state index contributed by atoms with van der Waals surface area (Å²) >= 11 is 0. The number of hydrogen-bond donors (Lipinski definition) is 1. The average Bonchev–Trinajstić information content (AvgIpc) is 3.51. The average molecular weight is 480 g/mol. The number of pyridine rings is 2. The number of rotatable bonds is 3. The molecule has 2 aliphatic rings. The predicted octanol–water partition coefficient (Wildman–Crippen LogP) is 4.18. The van der Waals surface area contributed by atoms with Crippen molar-refractivity contribution in [1.82, 2.24) is 24.7 Å². The maximum absolute atomic E-state index is 13.1. The van der Waals surface area contributed by atoms with Gasteiger partial charge < -0.3 is 20.1 Å². The number of hydrogen-bond acceptors (Lipinski definition) is 7. The van der Waals surface area contributed by atoms with Crippen LogP contribution in [0.4, 0.5) is 30.5 Å². The number of aromatic nitrogens is 5. The minimum atomic E-state index is -4.51. The molecule has 1 fully saturated rings. The van der Waals surface area contributed by atoms with Gasteiger partial charge in [0.25, 0.3) is 0 Å². The lowest BCUT2D eigenvalue weighted by Gasteiger charge is -2.30. The van der Waals surface area contributed by atoms with E-state index in [-0.39, 0.29) is 19.1 Å². The molecule has 0 bridgehead atoms. The highest BCUT2D eigenvalue weighted by atomic mass is 19.4. The minimum Gasteiger partial charge on any atom is -0.383 e. The van der Waals surface area contributed by atoms with Crippen LogP contribution in [0.15, 0.2) is 48.8 Å². The van der Waals surface area contributed by atoms with Gasteiger partial charge in [0.15, 0.2) is 5.82 Å². The quantitative estimate of drug-likeness (QED) is 0.471. The van der Waals surface area contributed by atoms with Crippen molar-refractivity contribution in [3.05, 3.63) is 66.0 Å². The van der Waals surface area contributed by atoms with Crippen LogP contribution in [-0.2, 0) is 19.3 Å². The van der Waals surface area contributed by atoms with Crippen LogP contribution in [0.2, 0.25) is 0 Å². The smallest absolute Gasteiger partial charge is 0.383 e. The molecule has 1 unspecified atom stereocenters. The van der Waals surface area contributed by atoms with Crippen molar-refractivity contribution in [3.63, 3.8) is 0 Å². The van der Waals surface area contributed by atoms with Gasteiger partial charge in [-0.3, -0.25) is 0 Å². The molecule has 2 N–H and O–H groups in total. The monoisotopic (exact) mass is 480 g/mol. The van der Waals surface area contributed by atoms with Crippen LogP contribution in [0.3, 0.4) is 0 Å². The standard InChI is InChI=1S/C24H23F3N8/c25-24(26,27)23-32-31-21-14-33(11-12-35(21)23)20-7-6-15(13-30-20)18-5-2-10-34(18)19-4-1-3-17-16(19)8-9-29-22(17)28/h1,3-4,6-9,13,18H,2,5,10-12,14H2,(H2,28,29). The summed E-state index contributed by atoms with van der Waals surface area (Å²) in [5.41, 5.74) is 8.33. The number of anilines is 3. The molecule has 5 heterocycles. The summed E-state index contributed by atoms with van der Waals surface area (Å²) in [5.74, 6) is 0.583. The third-order valence-electron chi connectivity index (χ3n) is 6.86. The Bertz CT molecular complexity index is 1380. The molecular formula is C24H23F3N8. The summed E-state index contributed by atoms with van der Waals surface area (Å²) in [6.45, 7) is 1.73. The van der Waals surface area contributed by atoms with Crippen molar-refractivity contribution in [2.75, 3.05) is 28.6 Å². The van der Waals surface area contributed by atoms with Crippen LogP contribution >= 0.6 is 0 Å². The van der Waals surface area contributed by atoms with Gasteiger partial charge in [-0.15, -0.1) is 10.2 Å². The van der Waals surface area contributed by atoms with Crippen LogP contribution in [-0.4, -0.2) is 37.8 Å². The molecule has 6 rings (SSSR count). The number of nitrogens with two attached hydrogens (primary N) is 1. The summed E-state index contributed by atoms with van der Waals surface area (Å²) in [6, 6.07) is 12.3. The van der Waals surface area contributed by atoms with E-state index in [1.54, 1.807) is 6.20 Å². The third kappa shape index (κ3) is 3.71. The topological polar surface area (TPSA) is 89.0 Å². The van der Waals surface area contributed by atoms with Crippen molar-refractivity contribution in [1.29, 1.82) is 0 Å². The zero-order valence-corrected chi connectivity index (χ0v) is 18.8. The largest absolute Gasteiger partial charge is 0.451 e. The lowest BCUT2D eigenvalue weighted by Crippen LogP contribution is -2.35. The van der Waals surface area contributed by atoms with Gasteiger partial charge >= 0.3 is 6.18 Å². The molecule has 8 nitrogen and oxygen atoms in total. The molecule has 35 heavy (non-hydrogen) atoms. The Morgan fingerprint density at radius 3 is 2.63 bits per heavy atom. The highest BCUT2D eigenvalue weighted by molar-refractivity contribution is 5.99. The fourth-order valence-electron chi connectivity index (χ4n) is 5.21. The van der Waals surface area contributed by atoms with Gasteiger partial charge in [0.05, 0.1) is 12.6 Å². The third-order valence-corrected chi connectivity index (χ3v) is 6.86. The number of halogens is 3. The van der Waals surface area contributed by atoms with E-state index in [0.29, 0.717) is 24.0 Å². The van der Waals surface area contributed by atoms with Gasteiger partial charge in [-0.25, -0.2) is 9.97 Å². The first-order valence-electron chi connectivity index (χ1n) is 11.5. The molecule has 0 radical (unpaired) electrons. The molecular weight excluding hydrogens is 457 g/mol. The van der Waals surface area contributed by atoms with Crippen molar-refractivity contribution in [2.45, 2.75) is 38.1 Å². The van der Waals surface area contributed by atoms with Crippen LogP contribution in [0, 0.1) is 0 Å². The van der Waals surface area contributed by atoms with Crippen molar-refractivity contribution in [3.8, 4) is 0 Å². The van der Waals surface area contributed by atoms with E-state index in [1.165, 1.54) is 0 Å². The van der Waals surface area contributed by atoms with Crippen molar-refractivity contribution < 1.29 is 13.2 Å². The minimum absolute atomic E-state index is 0.163. The number of benzene rings is 1. The number of fused-ring (bicyclic) bond motifs is 2.